The monoisotopic (exact) mass is 375 g/mol. The van der Waals surface area contributed by atoms with E-state index in [1.54, 1.807) is 67.1 Å². The minimum atomic E-state index is -0.289. The summed E-state index contributed by atoms with van der Waals surface area (Å²) < 4.78 is 2.97. The normalized spacial score (nSPS) is 10.8. The van der Waals surface area contributed by atoms with Crippen LogP contribution in [-0.4, -0.2) is 25.0 Å². The fourth-order valence-electron chi connectivity index (χ4n) is 3.00. The van der Waals surface area contributed by atoms with Crippen molar-refractivity contribution in [2.75, 3.05) is 5.32 Å². The van der Waals surface area contributed by atoms with Crippen molar-refractivity contribution in [1.82, 2.24) is 19.1 Å². The second-order valence-corrected chi connectivity index (χ2v) is 6.26. The molecule has 0 aliphatic heterocycles. The fraction of sp³-hybridized carbons (Fsp3) is 0.0500. The van der Waals surface area contributed by atoms with Crippen LogP contribution in [-0.2, 0) is 0 Å². The van der Waals surface area contributed by atoms with Gasteiger partial charge in [0.2, 0.25) is 0 Å². The Labute approximate surface area is 159 Å². The number of aryl methyl sites for hydroxylation is 1. The molecule has 140 valence electrons. The number of nitrogens with zero attached hydrogens (tertiary/aromatic N) is 2. The average molecular weight is 375 g/mol. The second-order valence-electron chi connectivity index (χ2n) is 6.26. The number of hydrogen-bond donors (Lipinski definition) is 3. The number of rotatable bonds is 4. The maximum atomic E-state index is 12.5. The van der Waals surface area contributed by atoms with E-state index in [0.29, 0.717) is 22.6 Å². The molecule has 28 heavy (non-hydrogen) atoms. The molecule has 1 amide bonds. The second kappa shape index (κ2) is 6.92. The van der Waals surface area contributed by atoms with E-state index in [-0.39, 0.29) is 17.3 Å². The fourth-order valence-corrected chi connectivity index (χ4v) is 3.00. The molecule has 0 fully saturated rings. The molecule has 2 aromatic carbocycles. The zero-order valence-electron chi connectivity index (χ0n) is 15.0. The first-order valence-corrected chi connectivity index (χ1v) is 8.58. The molecule has 0 aliphatic carbocycles. The van der Waals surface area contributed by atoms with Crippen molar-refractivity contribution < 1.29 is 4.79 Å². The van der Waals surface area contributed by atoms with E-state index in [1.807, 2.05) is 6.92 Å². The Hall–Kier alpha value is -4.07. The molecule has 0 atom stereocenters. The number of carbonyl (C=O) groups excluding carboxylic acids is 1. The molecular formula is C20H17N5O3. The number of imidazole rings is 2. The summed E-state index contributed by atoms with van der Waals surface area (Å²) in [5.74, 6) is -0.289. The molecule has 2 aromatic heterocycles. The molecule has 3 N–H and O–H groups in total. The Morgan fingerprint density at radius 3 is 2.39 bits per heavy atom. The molecule has 2 heterocycles. The van der Waals surface area contributed by atoms with Crippen molar-refractivity contribution in [3.05, 3.63) is 99.3 Å². The zero-order chi connectivity index (χ0) is 19.7. The summed E-state index contributed by atoms with van der Waals surface area (Å²) in [6.07, 6.45) is 4.80. The van der Waals surface area contributed by atoms with Gasteiger partial charge in [0.15, 0.2) is 0 Å². The molecule has 0 spiro atoms. The Bertz CT molecular complexity index is 1260. The number of nitrogens with one attached hydrogen (secondary N) is 3. The minimum absolute atomic E-state index is 0.230. The van der Waals surface area contributed by atoms with Gasteiger partial charge in [-0.05, 0) is 49.4 Å². The largest absolute Gasteiger partial charge is 0.330 e. The Morgan fingerprint density at radius 1 is 0.964 bits per heavy atom. The summed E-state index contributed by atoms with van der Waals surface area (Å²) in [7, 11) is 0. The molecular weight excluding hydrogens is 358 g/mol. The van der Waals surface area contributed by atoms with E-state index in [0.717, 1.165) is 5.69 Å². The van der Waals surface area contributed by atoms with E-state index in [2.05, 4.69) is 15.3 Å². The number of hydrogen-bond acceptors (Lipinski definition) is 3. The zero-order valence-corrected chi connectivity index (χ0v) is 15.0. The van der Waals surface area contributed by atoms with Crippen LogP contribution in [0.1, 0.15) is 16.1 Å². The van der Waals surface area contributed by atoms with Crippen molar-refractivity contribution in [1.29, 1.82) is 0 Å². The highest BCUT2D eigenvalue weighted by Gasteiger charge is 2.10. The minimum Gasteiger partial charge on any atom is -0.322 e. The number of amides is 1. The molecule has 0 unspecified atom stereocenters. The number of aromatic amines is 2. The van der Waals surface area contributed by atoms with Gasteiger partial charge in [0, 0.05) is 35.5 Å². The van der Waals surface area contributed by atoms with Gasteiger partial charge in [-0.3, -0.25) is 13.9 Å². The predicted octanol–water partition coefficient (Wildman–Crippen LogP) is 2.21. The highest BCUT2D eigenvalue weighted by Crippen LogP contribution is 2.16. The molecule has 0 saturated carbocycles. The van der Waals surface area contributed by atoms with E-state index in [4.69, 9.17) is 0 Å². The lowest BCUT2D eigenvalue weighted by molar-refractivity contribution is 0.102. The van der Waals surface area contributed by atoms with Crippen LogP contribution in [0.2, 0.25) is 0 Å². The molecule has 0 radical (unpaired) electrons. The van der Waals surface area contributed by atoms with Crippen LogP contribution >= 0.6 is 0 Å². The number of anilines is 1. The molecule has 0 aliphatic rings. The van der Waals surface area contributed by atoms with Gasteiger partial charge in [-0.1, -0.05) is 6.07 Å². The number of carbonyl (C=O) groups is 1. The smallest absolute Gasteiger partial charge is 0.322 e. The van der Waals surface area contributed by atoms with Gasteiger partial charge in [0.25, 0.3) is 5.91 Å². The van der Waals surface area contributed by atoms with Crippen LogP contribution < -0.4 is 16.7 Å². The number of aromatic nitrogens is 4. The number of H-pyrrole nitrogens is 2. The lowest BCUT2D eigenvalue weighted by Gasteiger charge is -2.09. The predicted molar refractivity (Wildman–Crippen MR) is 105 cm³/mol. The molecule has 0 saturated heterocycles. The third-order valence-electron chi connectivity index (χ3n) is 4.38. The molecule has 4 rings (SSSR count). The lowest BCUT2D eigenvalue weighted by atomic mass is 10.2. The summed E-state index contributed by atoms with van der Waals surface area (Å²) in [5, 5.41) is 2.82. The first-order chi connectivity index (χ1) is 13.5. The van der Waals surface area contributed by atoms with Gasteiger partial charge in [-0.15, -0.1) is 0 Å². The maximum Gasteiger partial charge on any atom is 0.330 e. The van der Waals surface area contributed by atoms with Crippen LogP contribution in [0.15, 0.2) is 76.7 Å². The van der Waals surface area contributed by atoms with E-state index in [9.17, 15) is 14.4 Å². The van der Waals surface area contributed by atoms with E-state index >= 15 is 0 Å². The van der Waals surface area contributed by atoms with Gasteiger partial charge in [0.05, 0.1) is 11.4 Å². The highest BCUT2D eigenvalue weighted by molar-refractivity contribution is 6.04. The van der Waals surface area contributed by atoms with Crippen LogP contribution in [0.4, 0.5) is 5.69 Å². The third kappa shape index (κ3) is 3.18. The van der Waals surface area contributed by atoms with Crippen molar-refractivity contribution in [3.8, 4) is 11.4 Å². The van der Waals surface area contributed by atoms with E-state index in [1.165, 1.54) is 9.13 Å². The van der Waals surface area contributed by atoms with Gasteiger partial charge >= 0.3 is 11.4 Å². The quantitative estimate of drug-likeness (QED) is 0.509. The first kappa shape index (κ1) is 17.3. The number of benzene rings is 2. The van der Waals surface area contributed by atoms with Crippen molar-refractivity contribution >= 4 is 11.6 Å². The van der Waals surface area contributed by atoms with Crippen molar-refractivity contribution in [3.63, 3.8) is 0 Å². The Morgan fingerprint density at radius 2 is 1.75 bits per heavy atom. The summed E-state index contributed by atoms with van der Waals surface area (Å²) in [6, 6.07) is 13.7. The molecule has 8 heteroatoms. The van der Waals surface area contributed by atoms with Crippen molar-refractivity contribution in [2.45, 2.75) is 6.92 Å². The van der Waals surface area contributed by atoms with Gasteiger partial charge < -0.3 is 15.3 Å². The maximum absolute atomic E-state index is 12.5. The SMILES string of the molecule is Cc1c[nH]c(=O)n1-c1ccc(C(=O)Nc2cccc(-n3cc[nH]c3=O)c2)cc1. The summed E-state index contributed by atoms with van der Waals surface area (Å²) in [6.45, 7) is 1.82. The first-order valence-electron chi connectivity index (χ1n) is 8.58. The Balaban J connectivity index is 1.55. The van der Waals surface area contributed by atoms with E-state index < -0.39 is 0 Å². The summed E-state index contributed by atoms with van der Waals surface area (Å²) in [4.78, 5) is 41.4. The molecule has 0 bridgehead atoms. The lowest BCUT2D eigenvalue weighted by Crippen LogP contribution is -2.17. The van der Waals surface area contributed by atoms with Crippen molar-refractivity contribution in [2.24, 2.45) is 0 Å². The topological polar surface area (TPSA) is 105 Å². The van der Waals surface area contributed by atoms with Crippen LogP contribution in [0.25, 0.3) is 11.4 Å². The Kier molecular flexibility index (Phi) is 4.29. The van der Waals surface area contributed by atoms with Crippen LogP contribution in [0, 0.1) is 6.92 Å². The summed E-state index contributed by atoms with van der Waals surface area (Å²) >= 11 is 0. The third-order valence-corrected chi connectivity index (χ3v) is 4.38. The average Bonchev–Trinajstić information content (AvgIpc) is 3.27. The van der Waals surface area contributed by atoms with Crippen LogP contribution in [0.5, 0.6) is 0 Å². The van der Waals surface area contributed by atoms with Gasteiger partial charge in [-0.2, -0.15) is 0 Å². The van der Waals surface area contributed by atoms with Gasteiger partial charge in [-0.25, -0.2) is 9.59 Å². The van der Waals surface area contributed by atoms with Gasteiger partial charge in [0.1, 0.15) is 0 Å². The standard InChI is InChI=1S/C20H17N5O3/c1-13-12-22-20(28)25(13)16-7-5-14(6-8-16)18(26)23-15-3-2-4-17(11-15)24-10-9-21-19(24)27/h2-12H,1H3,(H,21,27)(H,22,28)(H,23,26). The highest BCUT2D eigenvalue weighted by atomic mass is 16.2. The molecule has 8 nitrogen and oxygen atoms in total. The molecule has 4 aromatic rings. The van der Waals surface area contributed by atoms with Crippen LogP contribution in [0.3, 0.4) is 0 Å². The summed E-state index contributed by atoms with van der Waals surface area (Å²) in [5.41, 5.74) is 2.63.